The monoisotopic (exact) mass is 426 g/mol. The van der Waals surface area contributed by atoms with Gasteiger partial charge >= 0.3 is 26.2 Å². The van der Waals surface area contributed by atoms with Gasteiger partial charge in [-0.25, -0.2) is 0 Å². The molecular weight excluding hydrogens is 408 g/mol. The number of H-pyrrole nitrogens is 1. The van der Waals surface area contributed by atoms with Crippen LogP contribution in [0.1, 0.15) is 11.1 Å². The van der Waals surface area contributed by atoms with E-state index in [1.54, 1.807) is 5.19 Å². The maximum atomic E-state index is 2.94. The van der Waals surface area contributed by atoms with Crippen LogP contribution in [0.4, 0.5) is 0 Å². The van der Waals surface area contributed by atoms with Gasteiger partial charge in [0.1, 0.15) is 0 Å². The van der Waals surface area contributed by atoms with E-state index in [0.717, 1.165) is 0 Å². The first-order chi connectivity index (χ1) is 9.08. The third-order valence-corrected chi connectivity index (χ3v) is 4.78. The summed E-state index contributed by atoms with van der Waals surface area (Å²) < 4.78 is 0. The number of benzene rings is 1. The van der Waals surface area contributed by atoms with Crippen LogP contribution < -0.4 is 30.0 Å². The van der Waals surface area contributed by atoms with E-state index in [4.69, 9.17) is 0 Å². The standard InChI is InChI=1S/C11H12Si.C6H8N.2ClH.Zr/c1-12(2)11-7-9-5-3-4-6-10(9)8-11;1-5-3-7-4-6(5)2;;;/h3-8H,1-2H3;3,7H,1-2H3;2*1H;/q2*-1;;;+4/p-2. The van der Waals surface area contributed by atoms with Crippen molar-refractivity contribution in [1.29, 1.82) is 0 Å². The molecule has 0 saturated carbocycles. The van der Waals surface area contributed by atoms with Gasteiger partial charge < -0.3 is 29.8 Å². The first-order valence-electron chi connectivity index (χ1n) is 6.56. The quantitative estimate of drug-likeness (QED) is 0.340. The Hall–Kier alpha value is -0.210. The van der Waals surface area contributed by atoms with Crippen molar-refractivity contribution in [3.05, 3.63) is 59.9 Å². The molecule has 115 valence electrons. The molecule has 0 saturated heterocycles. The number of aromatic amines is 1. The number of halogens is 2. The fraction of sp³-hybridized carbons (Fsp3) is 0.235. The van der Waals surface area contributed by atoms with E-state index in [2.05, 4.69) is 67.6 Å². The van der Waals surface area contributed by atoms with E-state index in [9.17, 15) is 0 Å². The van der Waals surface area contributed by atoms with Gasteiger partial charge in [-0.3, -0.25) is 0 Å². The zero-order valence-electron chi connectivity index (χ0n) is 13.3. The summed E-state index contributed by atoms with van der Waals surface area (Å²) in [5, 5.41) is 4.32. The maximum absolute atomic E-state index is 2.94. The molecule has 1 N–H and O–H groups in total. The normalized spacial score (nSPS) is 9.14. The molecule has 0 fully saturated rings. The van der Waals surface area contributed by atoms with E-state index in [-0.39, 0.29) is 59.8 Å². The summed E-state index contributed by atoms with van der Waals surface area (Å²) in [4.78, 5) is 2.87. The second-order valence-electron chi connectivity index (χ2n) is 5.09. The Kier molecular flexibility index (Phi) is 12.4. The second kappa shape index (κ2) is 11.3. The van der Waals surface area contributed by atoms with Crippen molar-refractivity contribution < 1.29 is 51.0 Å². The van der Waals surface area contributed by atoms with Gasteiger partial charge in [-0.2, -0.15) is 27.8 Å². The second-order valence-corrected chi connectivity index (χ2v) is 7.67. The van der Waals surface area contributed by atoms with Gasteiger partial charge in [0.2, 0.25) is 0 Å². The Balaban J connectivity index is 0. The summed E-state index contributed by atoms with van der Waals surface area (Å²) in [5.41, 5.74) is 2.49. The van der Waals surface area contributed by atoms with E-state index in [1.165, 1.54) is 21.9 Å². The summed E-state index contributed by atoms with van der Waals surface area (Å²) in [7, 11) is -0.273. The molecule has 0 aliphatic rings. The molecule has 1 heterocycles. The predicted octanol–water partition coefficient (Wildman–Crippen LogP) is -2.04. The van der Waals surface area contributed by atoms with Crippen LogP contribution in [0.5, 0.6) is 0 Å². The first-order valence-corrected chi connectivity index (χ1v) is 9.06. The molecule has 0 spiro atoms. The summed E-state index contributed by atoms with van der Waals surface area (Å²) in [6.07, 6.45) is 4.88. The molecule has 22 heavy (non-hydrogen) atoms. The smallest absolute Gasteiger partial charge is 1.00 e. The van der Waals surface area contributed by atoms with Crippen molar-refractivity contribution in [2.75, 3.05) is 0 Å². The van der Waals surface area contributed by atoms with Crippen LogP contribution in [0.3, 0.4) is 0 Å². The van der Waals surface area contributed by atoms with Crippen LogP contribution in [0.25, 0.3) is 10.8 Å². The predicted molar refractivity (Wildman–Crippen MR) is 85.8 cm³/mol. The van der Waals surface area contributed by atoms with Gasteiger partial charge in [-0.15, -0.1) is 42.0 Å². The van der Waals surface area contributed by atoms with Gasteiger partial charge in [0.15, 0.2) is 0 Å². The molecule has 2 aromatic carbocycles. The van der Waals surface area contributed by atoms with Crippen LogP contribution >= 0.6 is 0 Å². The molecular formula is C17H20Cl2NSiZr. The SMILES string of the molecule is C[Si](C)c1cc2ccccc2[cH-]1.Cc1[c-][nH]cc1C.[Cl-].[Cl-].[Zr+4]. The van der Waals surface area contributed by atoms with E-state index < -0.39 is 0 Å². The maximum Gasteiger partial charge on any atom is 4.00 e. The van der Waals surface area contributed by atoms with Crippen molar-refractivity contribution in [2.24, 2.45) is 0 Å². The number of hydrogen-bond donors (Lipinski definition) is 1. The van der Waals surface area contributed by atoms with Gasteiger partial charge in [0.05, 0.1) is 8.80 Å². The number of aromatic nitrogens is 1. The zero-order valence-corrected chi connectivity index (χ0v) is 18.3. The van der Waals surface area contributed by atoms with Crippen LogP contribution in [-0.2, 0) is 26.2 Å². The molecule has 0 unspecified atom stereocenters. The Morgan fingerprint density at radius 3 is 2.14 bits per heavy atom. The molecule has 0 amide bonds. The van der Waals surface area contributed by atoms with Crippen LogP contribution in [0, 0.1) is 20.0 Å². The molecule has 3 rings (SSSR count). The molecule has 1 nitrogen and oxygen atoms in total. The molecule has 1 aromatic heterocycles. The first kappa shape index (κ1) is 24.0. The Morgan fingerprint density at radius 2 is 1.73 bits per heavy atom. The number of nitrogens with one attached hydrogen (secondary N) is 1. The molecule has 3 aromatic rings. The van der Waals surface area contributed by atoms with E-state index in [0.29, 0.717) is 0 Å². The topological polar surface area (TPSA) is 15.8 Å². The Morgan fingerprint density at radius 1 is 1.09 bits per heavy atom. The zero-order chi connectivity index (χ0) is 13.8. The Labute approximate surface area is 166 Å². The van der Waals surface area contributed by atoms with Gasteiger partial charge in [-0.1, -0.05) is 33.0 Å². The molecule has 0 aliphatic heterocycles. The molecule has 0 aliphatic carbocycles. The number of hydrogen-bond acceptors (Lipinski definition) is 0. The number of fused-ring (bicyclic) bond motifs is 1. The van der Waals surface area contributed by atoms with Crippen molar-refractivity contribution >= 4 is 24.8 Å². The van der Waals surface area contributed by atoms with E-state index >= 15 is 0 Å². The van der Waals surface area contributed by atoms with Gasteiger partial charge in [0.25, 0.3) is 0 Å². The molecule has 1 radical (unpaired) electrons. The van der Waals surface area contributed by atoms with Crippen molar-refractivity contribution in [3.8, 4) is 0 Å². The van der Waals surface area contributed by atoms with Crippen LogP contribution in [0.2, 0.25) is 13.1 Å². The molecule has 0 bridgehead atoms. The van der Waals surface area contributed by atoms with Gasteiger partial charge in [-0.05, 0) is 0 Å². The minimum atomic E-state index is -0.273. The summed E-state index contributed by atoms with van der Waals surface area (Å²) >= 11 is 0. The average molecular weight is 429 g/mol. The van der Waals surface area contributed by atoms with Crippen LogP contribution in [-0.4, -0.2) is 13.8 Å². The average Bonchev–Trinajstić information content (AvgIpc) is 2.97. The number of aryl methyl sites for hydroxylation is 2. The summed E-state index contributed by atoms with van der Waals surface area (Å²) in [6, 6.07) is 13.2. The van der Waals surface area contributed by atoms with Gasteiger partial charge in [0, 0.05) is 0 Å². The third-order valence-electron chi connectivity index (χ3n) is 3.34. The third kappa shape index (κ3) is 6.50. The fourth-order valence-electron chi connectivity index (χ4n) is 1.90. The molecule has 0 atom stereocenters. The Bertz CT molecular complexity index is 612. The molecule has 5 heteroatoms. The van der Waals surface area contributed by atoms with Crippen molar-refractivity contribution in [2.45, 2.75) is 26.9 Å². The van der Waals surface area contributed by atoms with Crippen molar-refractivity contribution in [1.82, 2.24) is 4.98 Å². The fourth-order valence-corrected chi connectivity index (χ4v) is 2.79. The summed E-state index contributed by atoms with van der Waals surface area (Å²) in [6.45, 7) is 8.76. The summed E-state index contributed by atoms with van der Waals surface area (Å²) in [5.74, 6) is 0. The van der Waals surface area contributed by atoms with E-state index in [1.807, 2.05) is 13.1 Å². The minimum Gasteiger partial charge on any atom is -1.00 e. The number of rotatable bonds is 1. The minimum absolute atomic E-state index is 0. The van der Waals surface area contributed by atoms with Crippen molar-refractivity contribution in [3.63, 3.8) is 0 Å². The van der Waals surface area contributed by atoms with Crippen LogP contribution in [0.15, 0.2) is 42.6 Å². The largest absolute Gasteiger partial charge is 4.00 e.